The maximum absolute atomic E-state index is 11.7. The molecule has 124 valence electrons. The average Bonchev–Trinajstić information content (AvgIpc) is 2.38. The number of aliphatic hydroxyl groups is 1. The van der Waals surface area contributed by atoms with Crippen LogP contribution in [0, 0.1) is 0 Å². The standard InChI is InChI=1S/C16H30O5/c1-3-5-7-9-13(17)11-16(20)21-14(12-15(18)19)10-8-6-4-2/h13-14,17H,3-12H2,1-2H3,(H,18,19)/t13-,14-/m0/s1. The zero-order valence-corrected chi connectivity index (χ0v) is 13.3. The first-order valence-corrected chi connectivity index (χ1v) is 8.08. The lowest BCUT2D eigenvalue weighted by molar-refractivity contribution is -0.155. The largest absolute Gasteiger partial charge is 0.481 e. The number of carbonyl (C=O) groups is 2. The van der Waals surface area contributed by atoms with E-state index in [9.17, 15) is 14.7 Å². The van der Waals surface area contributed by atoms with E-state index in [0.29, 0.717) is 12.8 Å². The highest BCUT2D eigenvalue weighted by atomic mass is 16.5. The van der Waals surface area contributed by atoms with Crippen molar-refractivity contribution >= 4 is 11.9 Å². The topological polar surface area (TPSA) is 83.8 Å². The zero-order valence-electron chi connectivity index (χ0n) is 13.3. The van der Waals surface area contributed by atoms with Crippen LogP contribution < -0.4 is 0 Å². The molecule has 0 heterocycles. The number of carboxylic acids is 1. The second-order valence-electron chi connectivity index (χ2n) is 5.56. The predicted molar refractivity (Wildman–Crippen MR) is 81.0 cm³/mol. The Morgan fingerprint density at radius 3 is 2.05 bits per heavy atom. The lowest BCUT2D eigenvalue weighted by Crippen LogP contribution is -2.24. The van der Waals surface area contributed by atoms with E-state index in [1.807, 2.05) is 0 Å². The second-order valence-corrected chi connectivity index (χ2v) is 5.56. The smallest absolute Gasteiger partial charge is 0.308 e. The number of aliphatic carboxylic acids is 1. The summed E-state index contributed by atoms with van der Waals surface area (Å²) in [6.07, 6.45) is 5.53. The quantitative estimate of drug-likeness (QED) is 0.403. The summed E-state index contributed by atoms with van der Waals surface area (Å²) in [6, 6.07) is 0. The number of rotatable bonds is 13. The molecule has 0 spiro atoms. The first-order valence-electron chi connectivity index (χ1n) is 8.08. The molecule has 0 bridgehead atoms. The number of hydrogen-bond donors (Lipinski definition) is 2. The summed E-state index contributed by atoms with van der Waals surface area (Å²) in [5.41, 5.74) is 0. The second kappa shape index (κ2) is 12.6. The Labute approximate surface area is 127 Å². The van der Waals surface area contributed by atoms with Gasteiger partial charge in [-0.05, 0) is 19.3 Å². The van der Waals surface area contributed by atoms with E-state index in [1.165, 1.54) is 0 Å². The highest BCUT2D eigenvalue weighted by Gasteiger charge is 2.19. The molecule has 0 saturated carbocycles. The molecule has 0 fully saturated rings. The number of ether oxygens (including phenoxy) is 1. The highest BCUT2D eigenvalue weighted by Crippen LogP contribution is 2.13. The van der Waals surface area contributed by atoms with Gasteiger partial charge < -0.3 is 14.9 Å². The molecule has 2 atom stereocenters. The van der Waals surface area contributed by atoms with Crippen molar-refractivity contribution in [3.63, 3.8) is 0 Å². The summed E-state index contributed by atoms with van der Waals surface area (Å²) >= 11 is 0. The summed E-state index contributed by atoms with van der Waals surface area (Å²) in [7, 11) is 0. The van der Waals surface area contributed by atoms with Crippen molar-refractivity contribution in [2.75, 3.05) is 0 Å². The van der Waals surface area contributed by atoms with Crippen LogP contribution in [0.15, 0.2) is 0 Å². The van der Waals surface area contributed by atoms with Crippen molar-refractivity contribution < 1.29 is 24.5 Å². The third-order valence-electron chi connectivity index (χ3n) is 3.37. The van der Waals surface area contributed by atoms with Crippen molar-refractivity contribution in [3.05, 3.63) is 0 Å². The predicted octanol–water partition coefficient (Wildman–Crippen LogP) is 3.28. The van der Waals surface area contributed by atoms with Gasteiger partial charge in [0.2, 0.25) is 0 Å². The summed E-state index contributed by atoms with van der Waals surface area (Å²) in [5.74, 6) is -1.46. The molecular weight excluding hydrogens is 272 g/mol. The van der Waals surface area contributed by atoms with Gasteiger partial charge in [0.05, 0.1) is 18.9 Å². The number of hydrogen-bond acceptors (Lipinski definition) is 4. The minimum absolute atomic E-state index is 0.0480. The van der Waals surface area contributed by atoms with Crippen LogP contribution in [-0.2, 0) is 14.3 Å². The van der Waals surface area contributed by atoms with Gasteiger partial charge >= 0.3 is 11.9 Å². The van der Waals surface area contributed by atoms with Crippen molar-refractivity contribution in [3.8, 4) is 0 Å². The Bertz CT molecular complexity index is 290. The molecule has 5 heteroatoms. The van der Waals surface area contributed by atoms with Gasteiger partial charge in [-0.15, -0.1) is 0 Å². The van der Waals surface area contributed by atoms with E-state index in [4.69, 9.17) is 9.84 Å². The minimum Gasteiger partial charge on any atom is -0.481 e. The molecule has 0 unspecified atom stereocenters. The van der Waals surface area contributed by atoms with Gasteiger partial charge in [-0.25, -0.2) is 0 Å². The third-order valence-corrected chi connectivity index (χ3v) is 3.37. The fourth-order valence-corrected chi connectivity index (χ4v) is 2.18. The van der Waals surface area contributed by atoms with E-state index in [0.717, 1.165) is 38.5 Å². The lowest BCUT2D eigenvalue weighted by Gasteiger charge is -2.17. The Morgan fingerprint density at radius 2 is 1.52 bits per heavy atom. The molecule has 0 aromatic carbocycles. The van der Waals surface area contributed by atoms with Crippen LogP contribution in [-0.4, -0.2) is 34.4 Å². The molecule has 2 N–H and O–H groups in total. The van der Waals surface area contributed by atoms with Crippen molar-refractivity contribution in [2.24, 2.45) is 0 Å². The molecule has 5 nitrogen and oxygen atoms in total. The van der Waals surface area contributed by atoms with Gasteiger partial charge in [0.25, 0.3) is 0 Å². The van der Waals surface area contributed by atoms with Crippen LogP contribution in [0.4, 0.5) is 0 Å². The number of aliphatic hydroxyl groups excluding tert-OH is 1. The number of carbonyl (C=O) groups excluding carboxylic acids is 1. The molecule has 0 saturated heterocycles. The highest BCUT2D eigenvalue weighted by molar-refractivity contribution is 5.71. The average molecular weight is 302 g/mol. The first kappa shape index (κ1) is 19.9. The van der Waals surface area contributed by atoms with E-state index >= 15 is 0 Å². The van der Waals surface area contributed by atoms with Crippen molar-refractivity contribution in [1.82, 2.24) is 0 Å². The molecule has 0 aromatic rings. The first-order chi connectivity index (χ1) is 9.99. The summed E-state index contributed by atoms with van der Waals surface area (Å²) in [6.45, 7) is 4.14. The van der Waals surface area contributed by atoms with Crippen molar-refractivity contribution in [2.45, 2.75) is 90.3 Å². The Balaban J connectivity index is 4.09. The molecule has 0 amide bonds. The molecule has 0 aliphatic rings. The number of esters is 1. The maximum atomic E-state index is 11.7. The lowest BCUT2D eigenvalue weighted by atomic mass is 10.1. The maximum Gasteiger partial charge on any atom is 0.308 e. The van der Waals surface area contributed by atoms with Gasteiger partial charge in [0, 0.05) is 0 Å². The van der Waals surface area contributed by atoms with E-state index < -0.39 is 24.1 Å². The Kier molecular flexibility index (Phi) is 12.0. The van der Waals surface area contributed by atoms with Crippen LogP contribution >= 0.6 is 0 Å². The Hall–Kier alpha value is -1.10. The van der Waals surface area contributed by atoms with Gasteiger partial charge in [-0.3, -0.25) is 9.59 Å². The number of unbranched alkanes of at least 4 members (excludes halogenated alkanes) is 4. The SMILES string of the molecule is CCCCC[C@H](O)CC(=O)O[C@@H](CCCCC)CC(=O)O. The summed E-state index contributed by atoms with van der Waals surface area (Å²) < 4.78 is 5.21. The fourth-order valence-electron chi connectivity index (χ4n) is 2.18. The molecule has 0 aromatic heterocycles. The van der Waals surface area contributed by atoms with E-state index in [1.54, 1.807) is 0 Å². The Morgan fingerprint density at radius 1 is 0.952 bits per heavy atom. The van der Waals surface area contributed by atoms with E-state index in [2.05, 4.69) is 13.8 Å². The molecule has 0 aliphatic carbocycles. The van der Waals surface area contributed by atoms with Crippen LogP contribution in [0.3, 0.4) is 0 Å². The zero-order chi connectivity index (χ0) is 16.1. The monoisotopic (exact) mass is 302 g/mol. The molecule has 21 heavy (non-hydrogen) atoms. The van der Waals surface area contributed by atoms with Crippen LogP contribution in [0.5, 0.6) is 0 Å². The summed E-state index contributed by atoms with van der Waals surface area (Å²) in [4.78, 5) is 22.5. The van der Waals surface area contributed by atoms with Crippen LogP contribution in [0.25, 0.3) is 0 Å². The molecule has 0 aliphatic heterocycles. The van der Waals surface area contributed by atoms with Gasteiger partial charge in [-0.1, -0.05) is 46.0 Å². The van der Waals surface area contributed by atoms with E-state index in [-0.39, 0.29) is 12.8 Å². The fraction of sp³-hybridized carbons (Fsp3) is 0.875. The van der Waals surface area contributed by atoms with Gasteiger partial charge in [-0.2, -0.15) is 0 Å². The molecular formula is C16H30O5. The minimum atomic E-state index is -0.965. The third kappa shape index (κ3) is 12.4. The summed E-state index contributed by atoms with van der Waals surface area (Å²) in [5, 5.41) is 18.6. The normalized spacial score (nSPS) is 13.7. The van der Waals surface area contributed by atoms with Crippen molar-refractivity contribution in [1.29, 1.82) is 0 Å². The van der Waals surface area contributed by atoms with Crippen LogP contribution in [0.1, 0.15) is 78.1 Å². The van der Waals surface area contributed by atoms with Gasteiger partial charge in [0.1, 0.15) is 6.10 Å². The number of carboxylic acid groups (broad SMARTS) is 1. The molecule has 0 radical (unpaired) electrons. The molecule has 0 rings (SSSR count). The van der Waals surface area contributed by atoms with Gasteiger partial charge in [0.15, 0.2) is 0 Å². The van der Waals surface area contributed by atoms with Crippen LogP contribution in [0.2, 0.25) is 0 Å².